The van der Waals surface area contributed by atoms with E-state index in [-0.39, 0.29) is 24.1 Å². The molecule has 0 N–H and O–H groups in total. The summed E-state index contributed by atoms with van der Waals surface area (Å²) >= 11 is 0. The molecule has 210 valence electrons. The number of halogens is 1. The molecule has 0 aliphatic carbocycles. The summed E-state index contributed by atoms with van der Waals surface area (Å²) in [5.41, 5.74) is 2.66. The number of aromatic nitrogens is 4. The van der Waals surface area contributed by atoms with Crippen LogP contribution in [0.15, 0.2) is 65.6 Å². The summed E-state index contributed by atoms with van der Waals surface area (Å²) in [6.45, 7) is 4.25. The van der Waals surface area contributed by atoms with Crippen LogP contribution in [0.2, 0.25) is 0 Å². The van der Waals surface area contributed by atoms with Crippen LogP contribution < -0.4 is 15.4 Å². The van der Waals surface area contributed by atoms with Crippen molar-refractivity contribution in [3.63, 3.8) is 0 Å². The molecule has 1 aliphatic rings. The molecular weight excluding hydrogens is 513 g/mol. The number of ether oxygens (including phenoxy) is 1. The number of benzene rings is 2. The number of fused-ring (bicyclic) bond motifs is 1. The van der Waals surface area contributed by atoms with Crippen LogP contribution in [0.5, 0.6) is 0 Å². The standard InChI is InChI=1S/C29H34FN7O3/c1-4-33(2)29(39)40-20-37-26(38)13-16-31-27(37)34(3)23-14-17-35(18-15-23)28-32-24-7-5-6-8-25(24)36(28)19-21-9-11-22(30)12-10-21/h5-13,16,23H,4,14-15,17-20H2,1-3H3. The lowest BCUT2D eigenvalue weighted by molar-refractivity contribution is 0.0829. The number of carbonyl (C=O) groups is 1. The summed E-state index contributed by atoms with van der Waals surface area (Å²) in [5.74, 6) is 1.09. The van der Waals surface area contributed by atoms with Crippen LogP contribution >= 0.6 is 0 Å². The normalized spacial score (nSPS) is 13.9. The smallest absolute Gasteiger partial charge is 0.411 e. The van der Waals surface area contributed by atoms with Gasteiger partial charge in [-0.05, 0) is 49.6 Å². The van der Waals surface area contributed by atoms with E-state index < -0.39 is 6.09 Å². The van der Waals surface area contributed by atoms with Crippen LogP contribution in [0.1, 0.15) is 25.3 Å². The summed E-state index contributed by atoms with van der Waals surface area (Å²) in [6, 6.07) is 16.1. The van der Waals surface area contributed by atoms with Crippen molar-refractivity contribution < 1.29 is 13.9 Å². The van der Waals surface area contributed by atoms with E-state index in [4.69, 9.17) is 9.72 Å². The quantitative estimate of drug-likeness (QED) is 0.330. The van der Waals surface area contributed by atoms with Crippen LogP contribution in [0.4, 0.5) is 21.1 Å². The van der Waals surface area contributed by atoms with Crippen LogP contribution in [0, 0.1) is 5.82 Å². The number of hydrogen-bond acceptors (Lipinski definition) is 7. The summed E-state index contributed by atoms with van der Waals surface area (Å²) in [7, 11) is 3.56. The van der Waals surface area contributed by atoms with Crippen molar-refractivity contribution in [2.45, 2.75) is 39.1 Å². The second-order valence-corrected chi connectivity index (χ2v) is 10.0. The van der Waals surface area contributed by atoms with Crippen molar-refractivity contribution in [3.8, 4) is 0 Å². The van der Waals surface area contributed by atoms with Crippen LogP contribution in [-0.4, -0.2) is 69.9 Å². The Balaban J connectivity index is 1.32. The molecule has 0 saturated carbocycles. The molecule has 0 radical (unpaired) electrons. The Hall–Kier alpha value is -4.41. The molecule has 2 aromatic heterocycles. The Bertz CT molecular complexity index is 1530. The van der Waals surface area contributed by atoms with Crippen molar-refractivity contribution in [1.29, 1.82) is 0 Å². The molecule has 0 bridgehead atoms. The number of amides is 1. The van der Waals surface area contributed by atoms with E-state index in [0.29, 0.717) is 19.0 Å². The Kier molecular flexibility index (Phi) is 7.99. The Morgan fingerprint density at radius 2 is 1.77 bits per heavy atom. The highest BCUT2D eigenvalue weighted by atomic mass is 19.1. The number of nitrogens with zero attached hydrogens (tertiary/aromatic N) is 7. The van der Waals surface area contributed by atoms with Gasteiger partial charge in [-0.1, -0.05) is 24.3 Å². The van der Waals surface area contributed by atoms with Crippen LogP contribution in [-0.2, 0) is 18.0 Å². The molecule has 0 unspecified atom stereocenters. The number of imidazole rings is 1. The first kappa shape index (κ1) is 27.2. The summed E-state index contributed by atoms with van der Waals surface area (Å²) in [6.07, 6.45) is 2.62. The highest BCUT2D eigenvalue weighted by molar-refractivity contribution is 5.79. The largest absolute Gasteiger partial charge is 0.427 e. The number of hydrogen-bond donors (Lipinski definition) is 0. The fourth-order valence-corrected chi connectivity index (χ4v) is 5.04. The molecule has 1 saturated heterocycles. The van der Waals surface area contributed by atoms with E-state index in [2.05, 4.69) is 20.5 Å². The van der Waals surface area contributed by atoms with Gasteiger partial charge in [0.05, 0.1) is 17.6 Å². The molecule has 0 spiro atoms. The van der Waals surface area contributed by atoms with Gasteiger partial charge in [0.1, 0.15) is 5.82 Å². The average Bonchev–Trinajstić information content (AvgIpc) is 3.34. The predicted molar refractivity (Wildman–Crippen MR) is 152 cm³/mol. The van der Waals surface area contributed by atoms with E-state index >= 15 is 0 Å². The molecular formula is C29H34FN7O3. The molecule has 4 aromatic rings. The van der Waals surface area contributed by atoms with Crippen molar-refractivity contribution >= 4 is 29.0 Å². The van der Waals surface area contributed by atoms with Gasteiger partial charge < -0.3 is 24.0 Å². The zero-order valence-corrected chi connectivity index (χ0v) is 23.0. The molecule has 3 heterocycles. The summed E-state index contributed by atoms with van der Waals surface area (Å²) in [4.78, 5) is 39.9. The molecule has 5 rings (SSSR count). The Morgan fingerprint density at radius 1 is 1.05 bits per heavy atom. The second kappa shape index (κ2) is 11.8. The van der Waals surface area contributed by atoms with Crippen molar-refractivity contribution in [2.24, 2.45) is 0 Å². The van der Waals surface area contributed by atoms with E-state index in [0.717, 1.165) is 48.5 Å². The van der Waals surface area contributed by atoms with Crippen molar-refractivity contribution in [1.82, 2.24) is 24.0 Å². The number of para-hydroxylation sites is 2. The van der Waals surface area contributed by atoms with Gasteiger partial charge in [0.15, 0.2) is 6.73 Å². The molecule has 1 fully saturated rings. The molecule has 1 aliphatic heterocycles. The number of piperidine rings is 1. The SMILES string of the molecule is CCN(C)C(=O)OCn1c(N(C)C2CCN(c3nc4ccccc4n3Cc3ccc(F)cc3)CC2)nccc1=O. The zero-order chi connectivity index (χ0) is 28.2. The molecule has 11 heteroatoms. The average molecular weight is 548 g/mol. The maximum Gasteiger partial charge on any atom is 0.411 e. The maximum atomic E-state index is 13.5. The third-order valence-corrected chi connectivity index (χ3v) is 7.52. The van der Waals surface area contributed by atoms with Gasteiger partial charge in [0, 0.05) is 52.0 Å². The monoisotopic (exact) mass is 547 g/mol. The zero-order valence-electron chi connectivity index (χ0n) is 23.0. The second-order valence-electron chi connectivity index (χ2n) is 10.0. The van der Waals surface area contributed by atoms with Crippen molar-refractivity contribution in [2.75, 3.05) is 43.5 Å². The summed E-state index contributed by atoms with van der Waals surface area (Å²) in [5, 5.41) is 0. The topological polar surface area (TPSA) is 88.7 Å². The first-order chi connectivity index (χ1) is 19.4. The van der Waals surface area contributed by atoms with E-state index in [1.807, 2.05) is 37.1 Å². The summed E-state index contributed by atoms with van der Waals surface area (Å²) < 4.78 is 22.4. The number of carbonyl (C=O) groups excluding carboxylic acids is 1. The fourth-order valence-electron chi connectivity index (χ4n) is 5.04. The van der Waals surface area contributed by atoms with Gasteiger partial charge in [-0.3, -0.25) is 4.79 Å². The van der Waals surface area contributed by atoms with Crippen LogP contribution in [0.25, 0.3) is 11.0 Å². The first-order valence-corrected chi connectivity index (χ1v) is 13.5. The third kappa shape index (κ3) is 5.63. The molecule has 2 aromatic carbocycles. The highest BCUT2D eigenvalue weighted by Crippen LogP contribution is 2.28. The maximum absolute atomic E-state index is 13.5. The minimum atomic E-state index is -0.497. The lowest BCUT2D eigenvalue weighted by atomic mass is 10.0. The number of rotatable bonds is 8. The molecule has 1 amide bonds. The van der Waals surface area contributed by atoms with Gasteiger partial charge >= 0.3 is 6.09 Å². The third-order valence-electron chi connectivity index (χ3n) is 7.52. The van der Waals surface area contributed by atoms with Gasteiger partial charge in [-0.2, -0.15) is 0 Å². The molecule has 0 atom stereocenters. The number of anilines is 2. The molecule has 10 nitrogen and oxygen atoms in total. The fraction of sp³-hybridized carbons (Fsp3) is 0.379. The van der Waals surface area contributed by atoms with E-state index in [1.54, 1.807) is 19.2 Å². The Labute approximate surface area is 232 Å². The van der Waals surface area contributed by atoms with Crippen LogP contribution in [0.3, 0.4) is 0 Å². The van der Waals surface area contributed by atoms with Gasteiger partial charge in [-0.15, -0.1) is 0 Å². The molecule has 40 heavy (non-hydrogen) atoms. The first-order valence-electron chi connectivity index (χ1n) is 13.5. The highest BCUT2D eigenvalue weighted by Gasteiger charge is 2.28. The van der Waals surface area contributed by atoms with E-state index in [1.165, 1.54) is 33.9 Å². The minimum absolute atomic E-state index is 0.126. The Morgan fingerprint density at radius 3 is 2.50 bits per heavy atom. The minimum Gasteiger partial charge on any atom is -0.427 e. The van der Waals surface area contributed by atoms with Gasteiger partial charge in [-0.25, -0.2) is 23.7 Å². The van der Waals surface area contributed by atoms with Crippen molar-refractivity contribution in [3.05, 3.63) is 82.5 Å². The predicted octanol–water partition coefficient (Wildman–Crippen LogP) is 3.93. The van der Waals surface area contributed by atoms with Gasteiger partial charge in [0.2, 0.25) is 11.9 Å². The van der Waals surface area contributed by atoms with Gasteiger partial charge in [0.25, 0.3) is 5.56 Å². The lowest BCUT2D eigenvalue weighted by Crippen LogP contribution is -2.46. The van der Waals surface area contributed by atoms with E-state index in [9.17, 15) is 14.0 Å². The lowest BCUT2D eigenvalue weighted by Gasteiger charge is -2.38.